The van der Waals surface area contributed by atoms with Gasteiger partial charge in [-0.3, -0.25) is 19.9 Å². The number of fused-ring (bicyclic) bond motifs is 1. The van der Waals surface area contributed by atoms with Gasteiger partial charge in [0.15, 0.2) is 5.65 Å². The van der Waals surface area contributed by atoms with Crippen LogP contribution in [0.3, 0.4) is 0 Å². The van der Waals surface area contributed by atoms with Crippen LogP contribution >= 0.6 is 0 Å². The Labute approximate surface area is 201 Å². The minimum atomic E-state index is -0.369. The SMILES string of the molecule is O=C1C/C(=C\c2cnn3c(NC4CC4)nc(CCc4ccccc4-c4cccnc4)nc23)C(=O)N1. The van der Waals surface area contributed by atoms with Gasteiger partial charge in [0.25, 0.3) is 5.91 Å². The number of amides is 2. The number of nitrogens with zero attached hydrogens (tertiary/aromatic N) is 5. The number of rotatable bonds is 7. The molecule has 0 unspecified atom stereocenters. The number of carbonyl (C=O) groups is 2. The van der Waals surface area contributed by atoms with E-state index >= 15 is 0 Å². The van der Waals surface area contributed by atoms with E-state index in [2.05, 4.69) is 38.9 Å². The third kappa shape index (κ3) is 4.40. The summed E-state index contributed by atoms with van der Waals surface area (Å²) in [6.45, 7) is 0. The van der Waals surface area contributed by atoms with Crippen LogP contribution in [-0.4, -0.2) is 42.4 Å². The molecule has 0 radical (unpaired) electrons. The first-order valence-electron chi connectivity index (χ1n) is 11.7. The minimum absolute atomic E-state index is 0.0619. The molecule has 0 spiro atoms. The monoisotopic (exact) mass is 465 g/mol. The Balaban J connectivity index is 1.34. The quantitative estimate of drug-likeness (QED) is 0.319. The summed E-state index contributed by atoms with van der Waals surface area (Å²) in [7, 11) is 0. The number of hydrogen-bond acceptors (Lipinski definition) is 7. The second-order valence-electron chi connectivity index (χ2n) is 8.84. The third-order valence-electron chi connectivity index (χ3n) is 6.19. The maximum atomic E-state index is 12.1. The van der Waals surface area contributed by atoms with Crippen molar-refractivity contribution in [1.29, 1.82) is 0 Å². The summed E-state index contributed by atoms with van der Waals surface area (Å²) in [5, 5.41) is 10.2. The molecule has 2 N–H and O–H groups in total. The van der Waals surface area contributed by atoms with Crippen LogP contribution in [-0.2, 0) is 22.4 Å². The first-order chi connectivity index (χ1) is 17.1. The highest BCUT2D eigenvalue weighted by atomic mass is 16.2. The fourth-order valence-electron chi connectivity index (χ4n) is 4.25. The number of anilines is 1. The molecule has 35 heavy (non-hydrogen) atoms. The van der Waals surface area contributed by atoms with Gasteiger partial charge in [-0.05, 0) is 42.5 Å². The maximum absolute atomic E-state index is 12.1. The van der Waals surface area contributed by atoms with E-state index in [0.29, 0.717) is 41.0 Å². The summed E-state index contributed by atoms with van der Waals surface area (Å²) in [6, 6.07) is 12.7. The van der Waals surface area contributed by atoms with E-state index < -0.39 is 0 Å². The van der Waals surface area contributed by atoms with Gasteiger partial charge < -0.3 is 5.32 Å². The van der Waals surface area contributed by atoms with Gasteiger partial charge >= 0.3 is 0 Å². The number of nitrogens with one attached hydrogen (secondary N) is 2. The predicted octanol–water partition coefficient (Wildman–Crippen LogP) is 2.98. The molecule has 9 heteroatoms. The molecule has 3 aromatic heterocycles. The summed E-state index contributed by atoms with van der Waals surface area (Å²) in [5.41, 5.74) is 5.11. The fraction of sp³-hybridized carbons (Fsp3) is 0.231. The van der Waals surface area contributed by atoms with E-state index in [1.165, 1.54) is 5.56 Å². The lowest BCUT2D eigenvalue weighted by molar-refractivity contribution is -0.124. The van der Waals surface area contributed by atoms with Crippen molar-refractivity contribution in [3.63, 3.8) is 0 Å². The van der Waals surface area contributed by atoms with Crippen molar-refractivity contribution < 1.29 is 9.59 Å². The lowest BCUT2D eigenvalue weighted by Gasteiger charge is -2.11. The molecule has 1 aliphatic heterocycles. The lowest BCUT2D eigenvalue weighted by Crippen LogP contribution is -2.19. The van der Waals surface area contributed by atoms with Crippen molar-refractivity contribution in [2.45, 2.75) is 38.1 Å². The van der Waals surface area contributed by atoms with Gasteiger partial charge in [-0.25, -0.2) is 4.98 Å². The van der Waals surface area contributed by atoms with Crippen molar-refractivity contribution in [2.24, 2.45) is 0 Å². The van der Waals surface area contributed by atoms with Crippen LogP contribution < -0.4 is 10.6 Å². The van der Waals surface area contributed by atoms with Crippen molar-refractivity contribution in [1.82, 2.24) is 29.9 Å². The van der Waals surface area contributed by atoms with Gasteiger partial charge in [-0.15, -0.1) is 0 Å². The number of aromatic nitrogens is 5. The van der Waals surface area contributed by atoms with E-state index in [0.717, 1.165) is 30.4 Å². The summed E-state index contributed by atoms with van der Waals surface area (Å²) in [6.07, 6.45) is 10.6. The molecule has 2 aliphatic rings. The molecule has 174 valence electrons. The molecular formula is C26H23N7O2. The average molecular weight is 466 g/mol. The van der Waals surface area contributed by atoms with Crippen molar-refractivity contribution in [3.05, 3.63) is 77.5 Å². The Kier molecular flexibility index (Phi) is 5.29. The highest BCUT2D eigenvalue weighted by Crippen LogP contribution is 2.27. The molecule has 9 nitrogen and oxygen atoms in total. The van der Waals surface area contributed by atoms with E-state index in [-0.39, 0.29) is 18.2 Å². The highest BCUT2D eigenvalue weighted by Gasteiger charge is 2.26. The van der Waals surface area contributed by atoms with Crippen LogP contribution in [0.4, 0.5) is 5.95 Å². The number of imide groups is 1. The zero-order chi connectivity index (χ0) is 23.8. The van der Waals surface area contributed by atoms with E-state index in [4.69, 9.17) is 9.97 Å². The fourth-order valence-corrected chi connectivity index (χ4v) is 4.25. The third-order valence-corrected chi connectivity index (χ3v) is 6.19. The second kappa shape index (κ2) is 8.75. The Bertz CT molecular complexity index is 1470. The Morgan fingerprint density at radius 2 is 1.94 bits per heavy atom. The van der Waals surface area contributed by atoms with E-state index in [1.54, 1.807) is 23.0 Å². The standard InChI is InChI=1S/C26H23N7O2/c34-23-13-18(25(35)32-23)12-19-15-28-33-24(19)30-22(31-26(33)29-20-8-9-20)10-7-16-4-1-2-6-21(16)17-5-3-11-27-14-17/h1-6,11-12,14-15,20H,7-10,13H2,(H,29,30,31)(H,32,34,35)/b18-12+. The number of aryl methyl sites for hydroxylation is 2. The first kappa shape index (κ1) is 21.2. The molecular weight excluding hydrogens is 442 g/mol. The predicted molar refractivity (Wildman–Crippen MR) is 130 cm³/mol. The Hall–Kier alpha value is -4.40. The maximum Gasteiger partial charge on any atom is 0.254 e. The van der Waals surface area contributed by atoms with Gasteiger partial charge in [0.2, 0.25) is 11.9 Å². The minimum Gasteiger partial charge on any atom is -0.351 e. The molecule has 1 saturated carbocycles. The summed E-state index contributed by atoms with van der Waals surface area (Å²) in [4.78, 5) is 37.5. The van der Waals surface area contributed by atoms with Gasteiger partial charge in [0, 0.05) is 41.6 Å². The molecule has 1 saturated heterocycles. The number of hydrogen-bond donors (Lipinski definition) is 2. The topological polar surface area (TPSA) is 114 Å². The van der Waals surface area contributed by atoms with Crippen LogP contribution in [0.25, 0.3) is 22.9 Å². The van der Waals surface area contributed by atoms with Crippen LogP contribution in [0.2, 0.25) is 0 Å². The summed E-state index contributed by atoms with van der Waals surface area (Å²) in [5.74, 6) is 0.668. The van der Waals surface area contributed by atoms with Gasteiger partial charge in [0.05, 0.1) is 12.6 Å². The van der Waals surface area contributed by atoms with Gasteiger partial charge in [0.1, 0.15) is 5.82 Å². The number of pyridine rings is 1. The molecule has 2 fully saturated rings. The Morgan fingerprint density at radius 3 is 2.71 bits per heavy atom. The van der Waals surface area contributed by atoms with Gasteiger partial charge in [-0.2, -0.15) is 14.6 Å². The molecule has 0 atom stereocenters. The van der Waals surface area contributed by atoms with Crippen molar-refractivity contribution in [2.75, 3.05) is 5.32 Å². The normalized spacial score (nSPS) is 16.7. The van der Waals surface area contributed by atoms with Crippen molar-refractivity contribution in [3.8, 4) is 11.1 Å². The lowest BCUT2D eigenvalue weighted by atomic mass is 9.98. The van der Waals surface area contributed by atoms with E-state index in [9.17, 15) is 9.59 Å². The summed E-state index contributed by atoms with van der Waals surface area (Å²) < 4.78 is 1.67. The second-order valence-corrected chi connectivity index (χ2v) is 8.84. The smallest absolute Gasteiger partial charge is 0.254 e. The van der Waals surface area contributed by atoms with Crippen LogP contribution in [0.15, 0.2) is 60.6 Å². The Morgan fingerprint density at radius 1 is 1.06 bits per heavy atom. The van der Waals surface area contributed by atoms with Crippen LogP contribution in [0, 0.1) is 0 Å². The van der Waals surface area contributed by atoms with Gasteiger partial charge in [-0.1, -0.05) is 30.3 Å². The molecule has 1 aromatic carbocycles. The zero-order valence-corrected chi connectivity index (χ0v) is 18.9. The zero-order valence-electron chi connectivity index (χ0n) is 18.9. The first-order valence-corrected chi connectivity index (χ1v) is 11.7. The molecule has 0 bridgehead atoms. The van der Waals surface area contributed by atoms with Crippen LogP contribution in [0.1, 0.15) is 36.2 Å². The molecule has 6 rings (SSSR count). The molecule has 4 aromatic rings. The molecule has 4 heterocycles. The number of benzene rings is 1. The summed E-state index contributed by atoms with van der Waals surface area (Å²) >= 11 is 0. The van der Waals surface area contributed by atoms with Crippen molar-refractivity contribution >= 4 is 29.5 Å². The average Bonchev–Trinajstić information content (AvgIpc) is 3.51. The highest BCUT2D eigenvalue weighted by molar-refractivity contribution is 6.15. The molecule has 1 aliphatic carbocycles. The largest absolute Gasteiger partial charge is 0.351 e. The van der Waals surface area contributed by atoms with Crippen LogP contribution in [0.5, 0.6) is 0 Å². The van der Waals surface area contributed by atoms with E-state index in [1.807, 2.05) is 24.4 Å². The number of carbonyl (C=O) groups excluding carboxylic acids is 2. The molecule has 2 amide bonds.